The zero-order valence-corrected chi connectivity index (χ0v) is 9.05. The van der Waals surface area contributed by atoms with Crippen LogP contribution in [0.4, 0.5) is 0 Å². The van der Waals surface area contributed by atoms with E-state index in [9.17, 15) is 19.8 Å². The Kier molecular flexibility index (Phi) is 29.2. The molecular formula is C6H20N4O4. The van der Waals surface area contributed by atoms with Crippen LogP contribution in [0.5, 0.6) is 0 Å². The number of rotatable bonds is 4. The van der Waals surface area contributed by atoms with E-state index >= 15 is 0 Å². The number of likely N-dealkylation sites (N-methyl/N-ethyl adjacent to an activating group) is 2. The maximum atomic E-state index is 9.43. The number of quaternary nitrogens is 2. The molecule has 0 amide bonds. The fraction of sp³-hybridized carbons (Fsp3) is 0.667. The second kappa shape index (κ2) is 17.8. The highest BCUT2D eigenvalue weighted by molar-refractivity contribution is 5.66. The summed E-state index contributed by atoms with van der Waals surface area (Å²) < 4.78 is 0. The molecule has 0 bridgehead atoms. The normalized spacial score (nSPS) is 7.00. The van der Waals surface area contributed by atoms with Gasteiger partial charge in [0.2, 0.25) is 0 Å². The third-order valence-corrected chi connectivity index (χ3v) is 0.642. The molecule has 0 radical (unpaired) electrons. The average molecular weight is 212 g/mol. The highest BCUT2D eigenvalue weighted by Gasteiger charge is 1.73. The molecule has 0 aromatic carbocycles. The van der Waals surface area contributed by atoms with Gasteiger partial charge in [-0.2, -0.15) is 0 Å². The van der Waals surface area contributed by atoms with Gasteiger partial charge in [-0.15, -0.1) is 0 Å². The van der Waals surface area contributed by atoms with Gasteiger partial charge in [-0.05, 0) is 14.1 Å². The molecule has 0 aliphatic heterocycles. The molecule has 0 spiro atoms. The molecule has 0 rings (SSSR count). The summed E-state index contributed by atoms with van der Waals surface area (Å²) in [5.74, 6) is -2.14. The van der Waals surface area contributed by atoms with Gasteiger partial charge in [-0.25, -0.2) is 0 Å². The Balaban J connectivity index is -0.0000000625. The van der Waals surface area contributed by atoms with E-state index in [1.165, 1.54) is 0 Å². The second-order valence-corrected chi connectivity index (χ2v) is 1.80. The zero-order chi connectivity index (χ0) is 9.98. The fourth-order valence-corrected chi connectivity index (χ4v) is 0.289. The van der Waals surface area contributed by atoms with Gasteiger partial charge in [0.05, 0.1) is 11.9 Å². The van der Waals surface area contributed by atoms with Gasteiger partial charge in [-0.1, -0.05) is 0 Å². The third kappa shape index (κ3) is 45.1. The van der Waals surface area contributed by atoms with E-state index in [-0.39, 0.29) is 25.4 Å². The van der Waals surface area contributed by atoms with Gasteiger partial charge in [0.25, 0.3) is 0 Å². The highest BCUT2D eigenvalue weighted by Crippen LogP contribution is 1.43. The van der Waals surface area contributed by atoms with E-state index in [1.54, 1.807) is 14.1 Å². The van der Waals surface area contributed by atoms with Crippen LogP contribution < -0.4 is 33.1 Å². The first-order valence-corrected chi connectivity index (χ1v) is 3.23. The lowest BCUT2D eigenvalue weighted by Crippen LogP contribution is -2.32. The van der Waals surface area contributed by atoms with Gasteiger partial charge in [0, 0.05) is 13.1 Å². The molecule has 0 fully saturated rings. The van der Waals surface area contributed by atoms with Crippen molar-refractivity contribution >= 4 is 11.9 Å². The van der Waals surface area contributed by atoms with E-state index < -0.39 is 11.9 Å². The molecule has 8 nitrogen and oxygen atoms in total. The molecule has 0 saturated carbocycles. The number of hydrogen-bond donors (Lipinski definition) is 4. The Labute approximate surface area is 82.9 Å². The molecular weight excluding hydrogens is 192 g/mol. The Morgan fingerprint density at radius 3 is 1.14 bits per heavy atom. The van der Waals surface area contributed by atoms with Crippen LogP contribution >= 0.6 is 0 Å². The topological polar surface area (TPSA) is 177 Å². The van der Waals surface area contributed by atoms with Crippen molar-refractivity contribution < 1.29 is 19.8 Å². The Hall–Kier alpha value is -1.22. The lowest BCUT2D eigenvalue weighted by molar-refractivity contribution is -0.305. The number of carboxylic acids is 2. The maximum absolute atomic E-state index is 9.43. The van der Waals surface area contributed by atoms with Crippen LogP contribution in [0.2, 0.25) is 0 Å². The van der Waals surface area contributed by atoms with E-state index in [2.05, 4.69) is 10.6 Å². The van der Waals surface area contributed by atoms with Crippen molar-refractivity contribution in [3.63, 3.8) is 0 Å². The maximum Gasteiger partial charge on any atom is 0.0552 e. The van der Waals surface area contributed by atoms with Gasteiger partial charge < -0.3 is 42.7 Å². The summed E-state index contributed by atoms with van der Waals surface area (Å²) in [6.07, 6.45) is 0. The predicted octanol–water partition coefficient (Wildman–Crippen LogP) is -3.34. The van der Waals surface area contributed by atoms with Crippen molar-refractivity contribution in [1.29, 1.82) is 0 Å². The quantitative estimate of drug-likeness (QED) is 0.378. The largest absolute Gasteiger partial charge is 0.549 e. The molecule has 0 aliphatic rings. The molecule has 0 heterocycles. The van der Waals surface area contributed by atoms with E-state index in [0.717, 1.165) is 0 Å². The van der Waals surface area contributed by atoms with Crippen molar-refractivity contribution in [2.75, 3.05) is 27.2 Å². The SMILES string of the molecule is CNCC(=O)[O-].CNCC(=O)[O-].[NH4+].[NH4+]. The molecule has 88 valence electrons. The number of nitrogens with one attached hydrogen (secondary N) is 2. The van der Waals surface area contributed by atoms with Gasteiger partial charge in [0.1, 0.15) is 0 Å². The highest BCUT2D eigenvalue weighted by atomic mass is 16.4. The van der Waals surface area contributed by atoms with Gasteiger partial charge in [-0.3, -0.25) is 0 Å². The predicted molar refractivity (Wildman–Crippen MR) is 49.8 cm³/mol. The smallest absolute Gasteiger partial charge is 0.0552 e. The summed E-state index contributed by atoms with van der Waals surface area (Å²) in [6, 6.07) is 0. The molecule has 10 N–H and O–H groups in total. The molecule has 0 saturated heterocycles. The summed E-state index contributed by atoms with van der Waals surface area (Å²) in [5.41, 5.74) is 0. The Bertz CT molecular complexity index is 126. The van der Waals surface area contributed by atoms with Crippen LogP contribution in [0.25, 0.3) is 0 Å². The lowest BCUT2D eigenvalue weighted by Gasteiger charge is -1.94. The van der Waals surface area contributed by atoms with Crippen molar-refractivity contribution in [3.8, 4) is 0 Å². The van der Waals surface area contributed by atoms with Crippen LogP contribution in [0.1, 0.15) is 0 Å². The van der Waals surface area contributed by atoms with Crippen molar-refractivity contribution in [1.82, 2.24) is 22.9 Å². The Morgan fingerprint density at radius 2 is 1.14 bits per heavy atom. The fourth-order valence-electron chi connectivity index (χ4n) is 0.289. The minimum Gasteiger partial charge on any atom is -0.549 e. The minimum atomic E-state index is -1.07. The van der Waals surface area contributed by atoms with Crippen LogP contribution in [0.3, 0.4) is 0 Å². The Morgan fingerprint density at radius 1 is 0.929 bits per heavy atom. The molecule has 14 heavy (non-hydrogen) atoms. The summed E-state index contributed by atoms with van der Waals surface area (Å²) >= 11 is 0. The molecule has 8 heteroatoms. The zero-order valence-electron chi connectivity index (χ0n) is 9.05. The molecule has 0 unspecified atom stereocenters. The molecule has 0 aliphatic carbocycles. The van der Waals surface area contributed by atoms with E-state index in [0.29, 0.717) is 0 Å². The summed E-state index contributed by atoms with van der Waals surface area (Å²) in [4.78, 5) is 18.9. The molecule has 0 aromatic rings. The number of hydrogen-bond acceptors (Lipinski definition) is 6. The van der Waals surface area contributed by atoms with Gasteiger partial charge in [0.15, 0.2) is 0 Å². The van der Waals surface area contributed by atoms with E-state index in [4.69, 9.17) is 0 Å². The molecule has 0 aromatic heterocycles. The third-order valence-electron chi connectivity index (χ3n) is 0.642. The van der Waals surface area contributed by atoms with Crippen molar-refractivity contribution in [2.45, 2.75) is 0 Å². The second-order valence-electron chi connectivity index (χ2n) is 1.80. The number of carboxylic acid groups (broad SMARTS) is 2. The first kappa shape index (κ1) is 23.0. The van der Waals surface area contributed by atoms with Crippen LogP contribution in [0.15, 0.2) is 0 Å². The van der Waals surface area contributed by atoms with E-state index in [1.807, 2.05) is 0 Å². The van der Waals surface area contributed by atoms with Crippen molar-refractivity contribution in [2.24, 2.45) is 0 Å². The first-order chi connectivity index (χ1) is 5.54. The minimum absolute atomic E-state index is 0. The first-order valence-electron chi connectivity index (χ1n) is 3.23. The van der Waals surface area contributed by atoms with Crippen LogP contribution in [0, 0.1) is 0 Å². The number of carbonyl (C=O) groups is 2. The number of carbonyl (C=O) groups excluding carboxylic acids is 2. The molecule has 0 atom stereocenters. The van der Waals surface area contributed by atoms with Crippen molar-refractivity contribution in [3.05, 3.63) is 0 Å². The summed E-state index contributed by atoms with van der Waals surface area (Å²) in [6.45, 7) is -0.139. The van der Waals surface area contributed by atoms with Gasteiger partial charge >= 0.3 is 0 Å². The van der Waals surface area contributed by atoms with Crippen LogP contribution in [-0.4, -0.2) is 39.1 Å². The summed E-state index contributed by atoms with van der Waals surface area (Å²) in [7, 11) is 3.10. The monoisotopic (exact) mass is 212 g/mol. The number of aliphatic carboxylic acids is 2. The lowest BCUT2D eigenvalue weighted by atomic mass is 10.7. The average Bonchev–Trinajstić information content (AvgIpc) is 1.87. The van der Waals surface area contributed by atoms with Crippen LogP contribution in [-0.2, 0) is 9.59 Å². The standard InChI is InChI=1S/2C3H7NO2.2H3N/c2*1-4-2-3(5)6;;/h2*4H,2H2,1H3,(H,5,6);2*1H3. The summed E-state index contributed by atoms with van der Waals surface area (Å²) in [5, 5.41) is 23.7.